The average molecular weight is 179 g/mol. The van der Waals surface area contributed by atoms with Gasteiger partial charge in [-0.25, -0.2) is 0 Å². The van der Waals surface area contributed by atoms with Crippen LogP contribution in [0.2, 0.25) is 0 Å². The van der Waals surface area contributed by atoms with E-state index in [-0.39, 0.29) is 11.1 Å². The van der Waals surface area contributed by atoms with Gasteiger partial charge < -0.3 is 10.8 Å². The molecule has 1 unspecified atom stereocenters. The van der Waals surface area contributed by atoms with Crippen LogP contribution in [0.25, 0.3) is 0 Å². The van der Waals surface area contributed by atoms with E-state index in [1.54, 1.807) is 12.1 Å². The van der Waals surface area contributed by atoms with Crippen molar-refractivity contribution < 1.29 is 14.7 Å². The summed E-state index contributed by atoms with van der Waals surface area (Å²) >= 11 is 0. The predicted octanol–water partition coefficient (Wildman–Crippen LogP) is 0.0178. The van der Waals surface area contributed by atoms with Crippen molar-refractivity contribution in [2.75, 3.05) is 0 Å². The maximum Gasteiger partial charge on any atom is 0.250 e. The summed E-state index contributed by atoms with van der Waals surface area (Å²) < 4.78 is 0. The van der Waals surface area contributed by atoms with Crippen molar-refractivity contribution in [1.29, 1.82) is 0 Å². The number of nitrogens with two attached hydrogens (primary N) is 1. The largest absolute Gasteiger partial charge is 0.378 e. The van der Waals surface area contributed by atoms with Crippen LogP contribution >= 0.6 is 0 Å². The zero-order chi connectivity index (χ0) is 9.84. The summed E-state index contributed by atoms with van der Waals surface area (Å²) in [5.41, 5.74) is 5.40. The molecule has 4 nitrogen and oxygen atoms in total. The Morgan fingerprint density at radius 2 is 2.08 bits per heavy atom. The second-order valence-corrected chi connectivity index (χ2v) is 2.55. The van der Waals surface area contributed by atoms with E-state index in [9.17, 15) is 14.7 Å². The van der Waals surface area contributed by atoms with Gasteiger partial charge in [-0.3, -0.25) is 9.59 Å². The molecule has 0 fully saturated rings. The highest BCUT2D eigenvalue weighted by atomic mass is 16.3. The van der Waals surface area contributed by atoms with Crippen LogP contribution in [0, 0.1) is 0 Å². The molecule has 1 amide bonds. The first kappa shape index (κ1) is 9.41. The first-order valence-corrected chi connectivity index (χ1v) is 3.68. The molecule has 0 spiro atoms. The summed E-state index contributed by atoms with van der Waals surface area (Å²) in [5.74, 6) is -0.866. The van der Waals surface area contributed by atoms with Gasteiger partial charge in [0.2, 0.25) is 0 Å². The average Bonchev–Trinajstić information content (AvgIpc) is 2.16. The smallest absolute Gasteiger partial charge is 0.250 e. The van der Waals surface area contributed by atoms with E-state index < -0.39 is 12.0 Å². The van der Waals surface area contributed by atoms with Crippen molar-refractivity contribution in [2.45, 2.75) is 6.10 Å². The lowest BCUT2D eigenvalue weighted by Crippen LogP contribution is -2.21. The van der Waals surface area contributed by atoms with Crippen molar-refractivity contribution in [1.82, 2.24) is 0 Å². The lowest BCUT2D eigenvalue weighted by Gasteiger charge is -2.08. The third kappa shape index (κ3) is 1.91. The van der Waals surface area contributed by atoms with Gasteiger partial charge in [0.15, 0.2) is 6.10 Å². The maximum atomic E-state index is 10.6. The van der Waals surface area contributed by atoms with Gasteiger partial charge in [0.05, 0.1) is 0 Å². The second kappa shape index (κ2) is 3.82. The molecular formula is C9H9NO3. The summed E-state index contributed by atoms with van der Waals surface area (Å²) in [4.78, 5) is 21.1. The molecule has 0 aromatic heterocycles. The topological polar surface area (TPSA) is 80.4 Å². The Morgan fingerprint density at radius 3 is 2.62 bits per heavy atom. The molecule has 0 saturated heterocycles. The van der Waals surface area contributed by atoms with Crippen LogP contribution in [-0.2, 0) is 4.79 Å². The monoisotopic (exact) mass is 179 g/mol. The number of benzene rings is 1. The number of hydrogen-bond acceptors (Lipinski definition) is 3. The minimum Gasteiger partial charge on any atom is -0.378 e. The van der Waals surface area contributed by atoms with E-state index >= 15 is 0 Å². The Balaban J connectivity index is 3.12. The van der Waals surface area contributed by atoms with Crippen LogP contribution in [0.5, 0.6) is 0 Å². The zero-order valence-corrected chi connectivity index (χ0v) is 6.81. The second-order valence-electron chi connectivity index (χ2n) is 2.55. The molecule has 4 heteroatoms. The molecule has 0 saturated carbocycles. The van der Waals surface area contributed by atoms with E-state index in [0.717, 1.165) is 0 Å². The Kier molecular flexibility index (Phi) is 2.76. The highest BCUT2D eigenvalue weighted by molar-refractivity contribution is 5.85. The molecular weight excluding hydrogens is 170 g/mol. The molecule has 0 radical (unpaired) electrons. The first-order chi connectivity index (χ1) is 6.16. The van der Waals surface area contributed by atoms with Gasteiger partial charge in [0.25, 0.3) is 5.91 Å². The number of aliphatic hydroxyl groups excluding tert-OH is 1. The van der Waals surface area contributed by atoms with Crippen LogP contribution in [0.3, 0.4) is 0 Å². The molecule has 13 heavy (non-hydrogen) atoms. The van der Waals surface area contributed by atoms with Crippen molar-refractivity contribution in [3.63, 3.8) is 0 Å². The van der Waals surface area contributed by atoms with Crippen LogP contribution in [0.15, 0.2) is 24.3 Å². The lowest BCUT2D eigenvalue weighted by molar-refractivity contribution is -0.126. The van der Waals surface area contributed by atoms with Gasteiger partial charge in [-0.2, -0.15) is 0 Å². The minimum atomic E-state index is -1.42. The van der Waals surface area contributed by atoms with Crippen molar-refractivity contribution in [2.24, 2.45) is 5.73 Å². The molecule has 1 aromatic rings. The quantitative estimate of drug-likeness (QED) is 0.642. The Morgan fingerprint density at radius 1 is 1.46 bits per heavy atom. The zero-order valence-electron chi connectivity index (χ0n) is 6.81. The van der Waals surface area contributed by atoms with Crippen molar-refractivity contribution in [3.8, 4) is 0 Å². The van der Waals surface area contributed by atoms with Crippen molar-refractivity contribution in [3.05, 3.63) is 35.4 Å². The minimum absolute atomic E-state index is 0.241. The Hall–Kier alpha value is -1.68. The summed E-state index contributed by atoms with van der Waals surface area (Å²) in [5, 5.41) is 9.28. The molecule has 68 valence electrons. The molecule has 0 heterocycles. The molecule has 0 bridgehead atoms. The molecule has 0 aliphatic carbocycles. The third-order valence-electron chi connectivity index (χ3n) is 1.69. The number of carbonyl (C=O) groups excluding carboxylic acids is 2. The molecule has 0 aliphatic rings. The van der Waals surface area contributed by atoms with Gasteiger partial charge in [-0.15, -0.1) is 0 Å². The van der Waals surface area contributed by atoms with E-state index in [1.807, 2.05) is 0 Å². The predicted molar refractivity (Wildman–Crippen MR) is 46.0 cm³/mol. The number of carbonyl (C=O) groups is 2. The van der Waals surface area contributed by atoms with Gasteiger partial charge >= 0.3 is 0 Å². The van der Waals surface area contributed by atoms with Crippen molar-refractivity contribution >= 4 is 12.2 Å². The highest BCUT2D eigenvalue weighted by Gasteiger charge is 2.16. The fourth-order valence-corrected chi connectivity index (χ4v) is 1.02. The first-order valence-electron chi connectivity index (χ1n) is 3.68. The fraction of sp³-hybridized carbons (Fsp3) is 0.111. The van der Waals surface area contributed by atoms with E-state index in [0.29, 0.717) is 6.29 Å². The number of aliphatic hydroxyl groups is 1. The number of amides is 1. The van der Waals surface area contributed by atoms with Gasteiger partial charge in [-0.05, 0) is 0 Å². The summed E-state index contributed by atoms with van der Waals surface area (Å²) in [6, 6.07) is 6.25. The standard InChI is InChI=1S/C9H9NO3/c10-9(13)8(12)7-4-2-1-3-6(7)5-11/h1-5,8,12H,(H2,10,13). The summed E-state index contributed by atoms with van der Waals surface area (Å²) in [7, 11) is 0. The Bertz CT molecular complexity index is 335. The number of hydrogen-bond donors (Lipinski definition) is 2. The molecule has 1 atom stereocenters. The van der Waals surface area contributed by atoms with E-state index in [1.165, 1.54) is 12.1 Å². The molecule has 1 aromatic carbocycles. The van der Waals surface area contributed by atoms with Gasteiger partial charge in [-0.1, -0.05) is 24.3 Å². The molecule has 3 N–H and O–H groups in total. The highest BCUT2D eigenvalue weighted by Crippen LogP contribution is 2.15. The molecule has 1 rings (SSSR count). The van der Waals surface area contributed by atoms with E-state index in [2.05, 4.69) is 0 Å². The maximum absolute atomic E-state index is 10.6. The number of rotatable bonds is 3. The van der Waals surface area contributed by atoms with Crippen LogP contribution in [0.1, 0.15) is 22.0 Å². The Labute approximate surface area is 75.0 Å². The third-order valence-corrected chi connectivity index (χ3v) is 1.69. The van der Waals surface area contributed by atoms with Gasteiger partial charge in [0.1, 0.15) is 6.29 Å². The number of primary amides is 1. The SMILES string of the molecule is NC(=O)C(O)c1ccccc1C=O. The van der Waals surface area contributed by atoms with Gasteiger partial charge in [0, 0.05) is 11.1 Å². The fourth-order valence-electron chi connectivity index (χ4n) is 1.02. The molecule has 0 aliphatic heterocycles. The van der Waals surface area contributed by atoms with Crippen LogP contribution < -0.4 is 5.73 Å². The normalized spacial score (nSPS) is 12.1. The summed E-state index contributed by atoms with van der Waals surface area (Å²) in [6.45, 7) is 0. The number of aldehydes is 1. The van der Waals surface area contributed by atoms with Crippen LogP contribution in [0.4, 0.5) is 0 Å². The van der Waals surface area contributed by atoms with E-state index in [4.69, 9.17) is 5.73 Å². The summed E-state index contributed by atoms with van der Waals surface area (Å²) in [6.07, 6.45) is -0.844. The lowest BCUT2D eigenvalue weighted by atomic mass is 10.0. The van der Waals surface area contributed by atoms with Crippen LogP contribution in [-0.4, -0.2) is 17.3 Å².